The fraction of sp³-hybridized carbons (Fsp3) is 0.154. The molecule has 4 rings (SSSR count). The summed E-state index contributed by atoms with van der Waals surface area (Å²) in [5.74, 6) is 0.764. The van der Waals surface area contributed by atoms with E-state index in [9.17, 15) is 0 Å². The Morgan fingerprint density at radius 3 is 2.81 bits per heavy atom. The molecule has 8 heteroatoms. The Balaban J connectivity index is 1.87. The Hall–Kier alpha value is -2.54. The maximum atomic E-state index is 6.18. The molecule has 21 heavy (non-hydrogen) atoms. The van der Waals surface area contributed by atoms with Crippen LogP contribution < -0.4 is 0 Å². The van der Waals surface area contributed by atoms with E-state index in [0.29, 0.717) is 28.4 Å². The van der Waals surface area contributed by atoms with Crippen LogP contribution in [-0.4, -0.2) is 34.6 Å². The van der Waals surface area contributed by atoms with Crippen molar-refractivity contribution >= 4 is 28.4 Å². The van der Waals surface area contributed by atoms with Crippen molar-refractivity contribution in [1.29, 1.82) is 0 Å². The van der Waals surface area contributed by atoms with Crippen molar-refractivity contribution in [2.75, 3.05) is 0 Å². The highest BCUT2D eigenvalue weighted by molar-refractivity contribution is 6.31. The number of benzene rings is 1. The SMILES string of the molecule is Cc1nnc2c3nnn(Cc4ccccc4Cl)c3ncn12. The lowest BCUT2D eigenvalue weighted by Gasteiger charge is -2.04. The number of hydrogen-bond donors (Lipinski definition) is 0. The summed E-state index contributed by atoms with van der Waals surface area (Å²) in [6, 6.07) is 7.64. The number of aromatic nitrogens is 7. The first-order valence-electron chi connectivity index (χ1n) is 6.37. The molecule has 104 valence electrons. The third-order valence-corrected chi connectivity index (χ3v) is 3.73. The van der Waals surface area contributed by atoms with Crippen LogP contribution in [0.5, 0.6) is 0 Å². The topological polar surface area (TPSA) is 73.8 Å². The van der Waals surface area contributed by atoms with E-state index in [-0.39, 0.29) is 0 Å². The number of fused-ring (bicyclic) bond motifs is 3. The monoisotopic (exact) mass is 299 g/mol. The zero-order valence-corrected chi connectivity index (χ0v) is 11.9. The van der Waals surface area contributed by atoms with Gasteiger partial charge in [-0.05, 0) is 18.6 Å². The number of aryl methyl sites for hydroxylation is 1. The first-order valence-corrected chi connectivity index (χ1v) is 6.75. The van der Waals surface area contributed by atoms with Crippen LogP contribution in [0.4, 0.5) is 0 Å². The van der Waals surface area contributed by atoms with Gasteiger partial charge in [0.05, 0.1) is 6.54 Å². The van der Waals surface area contributed by atoms with Gasteiger partial charge in [0.1, 0.15) is 12.2 Å². The van der Waals surface area contributed by atoms with Crippen molar-refractivity contribution in [3.05, 3.63) is 47.0 Å². The van der Waals surface area contributed by atoms with E-state index in [1.807, 2.05) is 31.2 Å². The Kier molecular flexibility index (Phi) is 2.61. The van der Waals surface area contributed by atoms with Gasteiger partial charge in [0.15, 0.2) is 16.8 Å². The molecule has 0 fully saturated rings. The average Bonchev–Trinajstić information content (AvgIpc) is 3.06. The summed E-state index contributed by atoms with van der Waals surface area (Å²) >= 11 is 6.18. The van der Waals surface area contributed by atoms with E-state index in [1.165, 1.54) is 0 Å². The highest BCUT2D eigenvalue weighted by atomic mass is 35.5. The smallest absolute Gasteiger partial charge is 0.193 e. The van der Waals surface area contributed by atoms with Gasteiger partial charge in [0, 0.05) is 5.02 Å². The second-order valence-corrected chi connectivity index (χ2v) is 5.10. The van der Waals surface area contributed by atoms with Crippen LogP contribution in [0.1, 0.15) is 11.4 Å². The predicted molar refractivity (Wildman–Crippen MR) is 77.2 cm³/mol. The average molecular weight is 300 g/mol. The molecule has 0 saturated carbocycles. The van der Waals surface area contributed by atoms with Crippen LogP contribution in [0.2, 0.25) is 5.02 Å². The largest absolute Gasteiger partial charge is 0.267 e. The van der Waals surface area contributed by atoms with Gasteiger partial charge in [-0.15, -0.1) is 15.3 Å². The highest BCUT2D eigenvalue weighted by Gasteiger charge is 2.14. The molecule has 0 aliphatic heterocycles. The number of hydrogen-bond acceptors (Lipinski definition) is 5. The summed E-state index contributed by atoms with van der Waals surface area (Å²) in [6.07, 6.45) is 1.68. The molecule has 0 aliphatic rings. The summed E-state index contributed by atoms with van der Waals surface area (Å²) in [4.78, 5) is 4.41. The normalized spacial score (nSPS) is 11.5. The second-order valence-electron chi connectivity index (χ2n) is 4.70. The molecule has 0 unspecified atom stereocenters. The van der Waals surface area contributed by atoms with Gasteiger partial charge < -0.3 is 0 Å². The molecule has 0 N–H and O–H groups in total. The number of rotatable bonds is 2. The van der Waals surface area contributed by atoms with Crippen LogP contribution in [0, 0.1) is 6.92 Å². The van der Waals surface area contributed by atoms with Gasteiger partial charge in [-0.3, -0.25) is 4.40 Å². The molecular formula is C13H10ClN7. The molecule has 3 aromatic heterocycles. The second kappa shape index (κ2) is 4.49. The van der Waals surface area contributed by atoms with Gasteiger partial charge in [-0.25, -0.2) is 9.67 Å². The zero-order valence-electron chi connectivity index (χ0n) is 11.1. The first-order chi connectivity index (χ1) is 10.2. The summed E-state index contributed by atoms with van der Waals surface area (Å²) in [7, 11) is 0. The van der Waals surface area contributed by atoms with Gasteiger partial charge in [0.25, 0.3) is 0 Å². The van der Waals surface area contributed by atoms with Crippen LogP contribution in [0.15, 0.2) is 30.6 Å². The van der Waals surface area contributed by atoms with Gasteiger partial charge in [-0.1, -0.05) is 35.0 Å². The molecule has 0 atom stereocenters. The van der Waals surface area contributed by atoms with Gasteiger partial charge in [-0.2, -0.15) is 0 Å². The van der Waals surface area contributed by atoms with E-state index in [0.717, 1.165) is 11.4 Å². The standard InChI is InChI=1S/C13H10ClN7/c1-8-16-18-13-11-12(15-7-20(8)13)21(19-17-11)6-9-4-2-3-5-10(9)14/h2-5,7H,6H2,1H3. The minimum Gasteiger partial charge on any atom is -0.267 e. The van der Waals surface area contributed by atoms with Crippen LogP contribution >= 0.6 is 11.6 Å². The molecule has 0 radical (unpaired) electrons. The third kappa shape index (κ3) is 1.85. The van der Waals surface area contributed by atoms with Crippen LogP contribution in [0.25, 0.3) is 16.8 Å². The lowest BCUT2D eigenvalue weighted by molar-refractivity contribution is 0.664. The Bertz CT molecular complexity index is 956. The van der Waals surface area contributed by atoms with Crippen molar-refractivity contribution in [1.82, 2.24) is 34.6 Å². The maximum Gasteiger partial charge on any atom is 0.193 e. The molecule has 0 saturated heterocycles. The fourth-order valence-corrected chi connectivity index (χ4v) is 2.45. The van der Waals surface area contributed by atoms with E-state index in [4.69, 9.17) is 11.6 Å². The molecule has 1 aromatic carbocycles. The highest BCUT2D eigenvalue weighted by Crippen LogP contribution is 2.19. The molecule has 0 bridgehead atoms. The van der Waals surface area contributed by atoms with Crippen molar-refractivity contribution < 1.29 is 0 Å². The van der Waals surface area contributed by atoms with Gasteiger partial charge >= 0.3 is 0 Å². The molecule has 3 heterocycles. The summed E-state index contributed by atoms with van der Waals surface area (Å²) in [5, 5.41) is 17.2. The van der Waals surface area contributed by atoms with Crippen molar-refractivity contribution in [2.45, 2.75) is 13.5 Å². The van der Waals surface area contributed by atoms with E-state index in [2.05, 4.69) is 25.5 Å². The van der Waals surface area contributed by atoms with Crippen molar-refractivity contribution in [3.8, 4) is 0 Å². The van der Waals surface area contributed by atoms with Crippen LogP contribution in [0.3, 0.4) is 0 Å². The van der Waals surface area contributed by atoms with Crippen molar-refractivity contribution in [2.24, 2.45) is 0 Å². The van der Waals surface area contributed by atoms with E-state index >= 15 is 0 Å². The van der Waals surface area contributed by atoms with E-state index < -0.39 is 0 Å². The Morgan fingerprint density at radius 2 is 1.95 bits per heavy atom. The van der Waals surface area contributed by atoms with E-state index in [1.54, 1.807) is 15.4 Å². The Labute approximate surface area is 124 Å². The summed E-state index contributed by atoms with van der Waals surface area (Å²) < 4.78 is 3.50. The molecule has 4 aromatic rings. The first kappa shape index (κ1) is 12.2. The number of halogens is 1. The molecule has 7 nitrogen and oxygen atoms in total. The maximum absolute atomic E-state index is 6.18. The predicted octanol–water partition coefficient (Wildman–Crippen LogP) is 1.88. The Morgan fingerprint density at radius 1 is 1.10 bits per heavy atom. The summed E-state index contributed by atoms with van der Waals surface area (Å²) in [6.45, 7) is 2.37. The quantitative estimate of drug-likeness (QED) is 0.565. The number of nitrogens with zero attached hydrogens (tertiary/aromatic N) is 7. The fourth-order valence-electron chi connectivity index (χ4n) is 2.26. The molecular weight excluding hydrogens is 290 g/mol. The third-order valence-electron chi connectivity index (χ3n) is 3.36. The lowest BCUT2D eigenvalue weighted by Crippen LogP contribution is -2.04. The van der Waals surface area contributed by atoms with Gasteiger partial charge in [0.2, 0.25) is 0 Å². The molecule has 0 aliphatic carbocycles. The lowest BCUT2D eigenvalue weighted by atomic mass is 10.2. The molecule has 0 amide bonds. The zero-order chi connectivity index (χ0) is 14.4. The van der Waals surface area contributed by atoms with Crippen LogP contribution in [-0.2, 0) is 6.54 Å². The molecule has 0 spiro atoms. The minimum atomic E-state index is 0.506. The summed E-state index contributed by atoms with van der Waals surface area (Å²) in [5.41, 5.74) is 2.91. The van der Waals surface area contributed by atoms with Crippen molar-refractivity contribution in [3.63, 3.8) is 0 Å². The minimum absolute atomic E-state index is 0.506.